The van der Waals surface area contributed by atoms with E-state index >= 15 is 0 Å². The lowest BCUT2D eigenvalue weighted by Crippen LogP contribution is -2.55. The Balaban J connectivity index is 1.19. The molecule has 0 bridgehead atoms. The van der Waals surface area contributed by atoms with Gasteiger partial charge >= 0.3 is 0 Å². The highest BCUT2D eigenvalue weighted by Gasteiger charge is 2.58. The van der Waals surface area contributed by atoms with E-state index in [1.165, 1.54) is 44.6 Å². The van der Waals surface area contributed by atoms with Crippen LogP contribution in [0.5, 0.6) is 0 Å². The van der Waals surface area contributed by atoms with E-state index in [-0.39, 0.29) is 11.0 Å². The molecule has 1 aliphatic heterocycles. The van der Waals surface area contributed by atoms with Crippen LogP contribution in [0.2, 0.25) is 0 Å². The Morgan fingerprint density at radius 3 is 1.75 bits per heavy atom. The zero-order chi connectivity index (χ0) is 35.3. The third-order valence-corrected chi connectivity index (χ3v) is 12.4. The number of rotatable bonds is 4. The summed E-state index contributed by atoms with van der Waals surface area (Å²) in [6.07, 6.45) is 8.44. The number of pyridine rings is 1. The van der Waals surface area contributed by atoms with Crippen LogP contribution < -0.4 is 4.90 Å². The lowest BCUT2D eigenvalue weighted by atomic mass is 9.62. The largest absolute Gasteiger partial charge is 0.309 e. The van der Waals surface area contributed by atoms with Gasteiger partial charge in [-0.1, -0.05) is 105 Å². The number of hydrogen-bond acceptors (Lipinski definition) is 5. The highest BCUT2D eigenvalue weighted by atomic mass is 15.4. The SMILES string of the molecule is CC12CCCCC1(C)N(c1nc(-c3cccc(-n4c5ccccc5c5ccccc54)c3)nc(-n3c4ccccc4c4ccccc43)n1)c1cnccc12. The van der Waals surface area contributed by atoms with Crippen LogP contribution in [0.1, 0.15) is 45.1 Å². The van der Waals surface area contributed by atoms with Gasteiger partial charge in [-0.2, -0.15) is 15.0 Å². The van der Waals surface area contributed by atoms with Gasteiger partial charge in [0.25, 0.3) is 0 Å². The maximum atomic E-state index is 5.44. The molecule has 7 heteroatoms. The smallest absolute Gasteiger partial charge is 0.240 e. The first kappa shape index (κ1) is 30.3. The third kappa shape index (κ3) is 4.16. The van der Waals surface area contributed by atoms with Crippen LogP contribution in [0.15, 0.2) is 140 Å². The number of benzene rings is 5. The molecule has 4 aromatic heterocycles. The molecule has 53 heavy (non-hydrogen) atoms. The molecule has 11 rings (SSSR count). The topological polar surface area (TPSA) is 64.7 Å². The summed E-state index contributed by atoms with van der Waals surface area (Å²) >= 11 is 0. The molecule has 7 nitrogen and oxygen atoms in total. The van der Waals surface area contributed by atoms with Crippen molar-refractivity contribution < 1.29 is 0 Å². The van der Waals surface area contributed by atoms with Gasteiger partial charge in [0.2, 0.25) is 11.9 Å². The van der Waals surface area contributed by atoms with Gasteiger partial charge in [-0.25, -0.2) is 0 Å². The van der Waals surface area contributed by atoms with Crippen LogP contribution >= 0.6 is 0 Å². The summed E-state index contributed by atoms with van der Waals surface area (Å²) in [4.78, 5) is 23.3. The Kier molecular flexibility index (Phi) is 6.33. The molecular weight excluding hydrogens is 651 g/mol. The first-order valence-electron chi connectivity index (χ1n) is 18.6. The molecule has 2 aliphatic rings. The van der Waals surface area contributed by atoms with Crippen molar-refractivity contribution in [3.63, 3.8) is 0 Å². The molecule has 0 N–H and O–H groups in total. The predicted molar refractivity (Wildman–Crippen MR) is 215 cm³/mol. The highest BCUT2D eigenvalue weighted by molar-refractivity contribution is 6.10. The molecule has 0 amide bonds. The summed E-state index contributed by atoms with van der Waals surface area (Å²) in [5.41, 5.74) is 8.55. The molecule has 0 spiro atoms. The molecule has 5 aromatic carbocycles. The van der Waals surface area contributed by atoms with E-state index in [9.17, 15) is 0 Å². The van der Waals surface area contributed by atoms with Crippen molar-refractivity contribution in [1.29, 1.82) is 0 Å². The van der Waals surface area contributed by atoms with Crippen molar-refractivity contribution in [2.45, 2.75) is 50.5 Å². The fourth-order valence-electron chi connectivity index (χ4n) is 9.71. The van der Waals surface area contributed by atoms with Crippen molar-refractivity contribution in [2.24, 2.45) is 0 Å². The van der Waals surface area contributed by atoms with Gasteiger partial charge in [0.15, 0.2) is 5.82 Å². The van der Waals surface area contributed by atoms with E-state index < -0.39 is 0 Å². The lowest BCUT2D eigenvalue weighted by molar-refractivity contribution is 0.193. The number of aromatic nitrogens is 6. The van der Waals surface area contributed by atoms with Crippen LogP contribution in [-0.2, 0) is 5.41 Å². The molecule has 2 atom stereocenters. The summed E-state index contributed by atoms with van der Waals surface area (Å²) in [7, 11) is 0. The van der Waals surface area contributed by atoms with Crippen LogP contribution in [0.4, 0.5) is 11.6 Å². The highest BCUT2D eigenvalue weighted by Crippen LogP contribution is 2.60. The molecule has 5 heterocycles. The number of nitrogens with zero attached hydrogens (tertiary/aromatic N) is 7. The summed E-state index contributed by atoms with van der Waals surface area (Å²) in [6, 6.07) is 45.2. The minimum Gasteiger partial charge on any atom is -0.309 e. The first-order valence-corrected chi connectivity index (χ1v) is 18.6. The molecule has 1 saturated carbocycles. The van der Waals surface area contributed by atoms with Crippen LogP contribution in [0.25, 0.3) is 66.6 Å². The second kappa shape index (κ2) is 11.1. The van der Waals surface area contributed by atoms with Crippen LogP contribution in [-0.4, -0.2) is 34.6 Å². The second-order valence-corrected chi connectivity index (χ2v) is 15.1. The minimum absolute atomic E-state index is 0.0697. The van der Waals surface area contributed by atoms with E-state index in [4.69, 9.17) is 15.0 Å². The van der Waals surface area contributed by atoms with Gasteiger partial charge in [0, 0.05) is 44.4 Å². The Labute approximate surface area is 307 Å². The summed E-state index contributed by atoms with van der Waals surface area (Å²) < 4.78 is 4.56. The van der Waals surface area contributed by atoms with Gasteiger partial charge in [-0.3, -0.25) is 9.55 Å². The van der Waals surface area contributed by atoms with Gasteiger partial charge in [0.05, 0.1) is 39.5 Å². The zero-order valence-corrected chi connectivity index (χ0v) is 29.7. The van der Waals surface area contributed by atoms with Gasteiger partial charge in [-0.05, 0) is 67.8 Å². The molecule has 1 aliphatic carbocycles. The van der Waals surface area contributed by atoms with E-state index in [0.29, 0.717) is 17.7 Å². The number of para-hydroxylation sites is 4. The fourth-order valence-corrected chi connectivity index (χ4v) is 9.71. The minimum atomic E-state index is -0.238. The van der Waals surface area contributed by atoms with Crippen LogP contribution in [0.3, 0.4) is 0 Å². The van der Waals surface area contributed by atoms with E-state index in [1.54, 1.807) is 0 Å². The first-order chi connectivity index (χ1) is 26.0. The van der Waals surface area contributed by atoms with Gasteiger partial charge < -0.3 is 9.47 Å². The van der Waals surface area contributed by atoms with Crippen molar-refractivity contribution in [1.82, 2.24) is 29.1 Å². The molecule has 1 fully saturated rings. The molecule has 0 saturated heterocycles. The predicted octanol–water partition coefficient (Wildman–Crippen LogP) is 10.9. The summed E-state index contributed by atoms with van der Waals surface area (Å²) in [5.74, 6) is 1.88. The fraction of sp³-hybridized carbons (Fsp3) is 0.174. The number of hydrogen-bond donors (Lipinski definition) is 0. The Hall–Kier alpha value is -6.34. The van der Waals surface area contributed by atoms with Crippen molar-refractivity contribution in [2.75, 3.05) is 4.90 Å². The second-order valence-electron chi connectivity index (χ2n) is 15.1. The molecule has 256 valence electrons. The van der Waals surface area contributed by atoms with E-state index in [2.05, 4.69) is 160 Å². The van der Waals surface area contributed by atoms with Crippen molar-refractivity contribution >= 4 is 55.2 Å². The Morgan fingerprint density at radius 1 is 0.547 bits per heavy atom. The summed E-state index contributed by atoms with van der Waals surface area (Å²) in [5, 5.41) is 4.80. The van der Waals surface area contributed by atoms with Crippen molar-refractivity contribution in [3.05, 3.63) is 145 Å². The average Bonchev–Trinajstić information content (AvgIpc) is 3.79. The molecule has 9 aromatic rings. The standard InChI is InChI=1S/C46H37N7/c1-45-25-11-12-26-46(45,2)53(41-29-47-27-24-36(41)45)44-49-42(48-43(50-44)52-39-22-9-5-18-34(39)35-19-6-10-23-40(35)52)30-14-13-15-31(28-30)51-37-20-7-3-16-32(37)33-17-4-8-21-38(33)51/h3-10,13-24,27-29H,11-12,25-26H2,1-2H3. The van der Waals surface area contributed by atoms with Gasteiger partial charge in [0.1, 0.15) is 0 Å². The zero-order valence-electron chi connectivity index (χ0n) is 29.7. The van der Waals surface area contributed by atoms with E-state index in [0.717, 1.165) is 47.2 Å². The molecule has 2 unspecified atom stereocenters. The Bertz CT molecular complexity index is 2810. The molecular formula is C46H37N7. The maximum Gasteiger partial charge on any atom is 0.240 e. The van der Waals surface area contributed by atoms with E-state index in [1.807, 2.05) is 12.4 Å². The number of anilines is 2. The monoisotopic (exact) mass is 687 g/mol. The third-order valence-electron chi connectivity index (χ3n) is 12.4. The quantitative estimate of drug-likeness (QED) is 0.184. The number of fused-ring (bicyclic) bond motifs is 9. The average molecular weight is 688 g/mol. The normalized spacial score (nSPS) is 19.7. The Morgan fingerprint density at radius 2 is 1.11 bits per heavy atom. The van der Waals surface area contributed by atoms with Crippen LogP contribution in [0, 0.1) is 0 Å². The van der Waals surface area contributed by atoms with Crippen molar-refractivity contribution in [3.8, 4) is 23.0 Å². The maximum absolute atomic E-state index is 5.44. The summed E-state index contributed by atoms with van der Waals surface area (Å²) in [6.45, 7) is 4.83. The lowest BCUT2D eigenvalue weighted by Gasteiger charge is -2.49. The van der Waals surface area contributed by atoms with Gasteiger partial charge in [-0.15, -0.1) is 0 Å². The molecule has 0 radical (unpaired) electrons.